The number of hydrogen-bond donors (Lipinski definition) is 4. The summed E-state index contributed by atoms with van der Waals surface area (Å²) >= 11 is 1.22. The highest BCUT2D eigenvalue weighted by molar-refractivity contribution is 8.00. The van der Waals surface area contributed by atoms with E-state index in [0.717, 1.165) is 11.8 Å². The highest BCUT2D eigenvalue weighted by Crippen LogP contribution is 2.47. The van der Waals surface area contributed by atoms with E-state index < -0.39 is 63.9 Å². The maximum atomic E-state index is 13.8. The topological polar surface area (TPSA) is 228 Å². The number of esters is 1. The molecule has 0 saturated carbocycles. The van der Waals surface area contributed by atoms with E-state index in [2.05, 4.69) is 9.97 Å². The zero-order valence-electron chi connectivity index (χ0n) is 22.9. The Kier molecular flexibility index (Phi) is 7.98. The molecular weight excluding hydrogens is 584 g/mol. The van der Waals surface area contributed by atoms with Crippen molar-refractivity contribution in [3.8, 4) is 0 Å². The van der Waals surface area contributed by atoms with Gasteiger partial charge in [0.05, 0.1) is 25.0 Å². The molecule has 1 aromatic carbocycles. The number of primary amides is 2. The van der Waals surface area contributed by atoms with Crippen LogP contribution in [0.4, 0.5) is 0 Å². The zero-order valence-corrected chi connectivity index (χ0v) is 23.7. The summed E-state index contributed by atoms with van der Waals surface area (Å²) in [6.07, 6.45) is -1.67. The quantitative estimate of drug-likeness (QED) is 0.205. The molecule has 2 unspecified atom stereocenters. The van der Waals surface area contributed by atoms with Crippen LogP contribution in [0.3, 0.4) is 0 Å². The Morgan fingerprint density at radius 1 is 1.16 bits per heavy atom. The first kappa shape index (κ1) is 29.8. The Bertz CT molecular complexity index is 1550. The highest BCUT2D eigenvalue weighted by Gasteiger charge is 2.58. The second kappa shape index (κ2) is 11.5. The van der Waals surface area contributed by atoms with Gasteiger partial charge in [0.1, 0.15) is 17.2 Å². The van der Waals surface area contributed by atoms with E-state index in [1.54, 1.807) is 18.2 Å². The number of carboxylic acid groups (broad SMARTS) is 1. The van der Waals surface area contributed by atoms with E-state index >= 15 is 0 Å². The molecule has 4 heterocycles. The number of carbonyl (C=O) groups excluding carboxylic acids is 5. The first-order chi connectivity index (χ1) is 20.5. The van der Waals surface area contributed by atoms with Crippen molar-refractivity contribution >= 4 is 47.3 Å². The fourth-order valence-corrected chi connectivity index (χ4v) is 6.84. The van der Waals surface area contributed by atoms with Crippen LogP contribution in [0.1, 0.15) is 45.7 Å². The number of fused-ring (bicyclic) bond motifs is 1. The number of carbonyl (C=O) groups is 6. The Hall–Kier alpha value is -4.70. The maximum Gasteiger partial charge on any atom is 0.352 e. The number of aromatic amines is 1. The molecule has 3 aliphatic rings. The van der Waals surface area contributed by atoms with Crippen LogP contribution in [0.2, 0.25) is 0 Å². The molecule has 15 nitrogen and oxygen atoms in total. The number of rotatable bonds is 9. The summed E-state index contributed by atoms with van der Waals surface area (Å²) in [5.74, 6) is -6.21. The highest BCUT2D eigenvalue weighted by atomic mass is 32.2. The first-order valence-electron chi connectivity index (χ1n) is 13.2. The largest absolute Gasteiger partial charge is 0.477 e. The lowest BCUT2D eigenvalue weighted by molar-refractivity contribution is -0.150. The van der Waals surface area contributed by atoms with Crippen molar-refractivity contribution < 1.29 is 43.3 Å². The third kappa shape index (κ3) is 5.01. The second-order valence-electron chi connectivity index (χ2n) is 10.0. The fourth-order valence-electron chi connectivity index (χ4n) is 5.54. The number of morpholine rings is 1. The van der Waals surface area contributed by atoms with Crippen LogP contribution in [-0.2, 0) is 34.1 Å². The van der Waals surface area contributed by atoms with E-state index in [1.807, 2.05) is 0 Å². The third-order valence-corrected chi connectivity index (χ3v) is 8.76. The van der Waals surface area contributed by atoms with Crippen LogP contribution in [0.5, 0.6) is 0 Å². The Balaban J connectivity index is 1.81. The van der Waals surface area contributed by atoms with Crippen LogP contribution in [0, 0.1) is 0 Å². The second-order valence-corrected chi connectivity index (χ2v) is 11.2. The molecule has 2 saturated heterocycles. The van der Waals surface area contributed by atoms with E-state index in [9.17, 15) is 33.9 Å². The molecule has 43 heavy (non-hydrogen) atoms. The Morgan fingerprint density at radius 3 is 2.40 bits per heavy atom. The van der Waals surface area contributed by atoms with E-state index in [4.69, 9.17) is 20.9 Å². The van der Waals surface area contributed by atoms with Crippen LogP contribution in [-0.4, -0.2) is 104 Å². The molecule has 2 fully saturated rings. The number of aliphatic carboxylic acids is 1. The smallest absolute Gasteiger partial charge is 0.352 e. The molecule has 0 aliphatic carbocycles. The summed E-state index contributed by atoms with van der Waals surface area (Å²) in [4.78, 5) is 87.3. The van der Waals surface area contributed by atoms with Crippen LogP contribution < -0.4 is 11.5 Å². The molecule has 0 radical (unpaired) electrons. The number of hydrogen-bond acceptors (Lipinski definition) is 10. The summed E-state index contributed by atoms with van der Waals surface area (Å²) in [6, 6.07) is 7.72. The van der Waals surface area contributed by atoms with Crippen molar-refractivity contribution in [2.24, 2.45) is 11.5 Å². The summed E-state index contributed by atoms with van der Waals surface area (Å²) in [5, 5.41) is 9.80. The standard InChI is InChI=1S/C27H28N6O9S/c1-13(34)42-21(15-12-43-17-11-16(35)33(17)20(15)24(38)39)27(25(29)40,14-5-3-2-4-6-14)26-30-18(22(28)36)19(31-26)23(37)32-7-9-41-10-8-32/h2-6,17,21H,7-12H2,1H3,(H2,28,36)(H2,29,40)(H,30,31)(H,38,39)/t17-,21?,27?/m1/s1. The van der Waals surface area contributed by atoms with Crippen LogP contribution >= 0.6 is 11.8 Å². The number of nitrogens with one attached hydrogen (secondary N) is 1. The molecule has 3 atom stereocenters. The van der Waals surface area contributed by atoms with Gasteiger partial charge < -0.3 is 35.9 Å². The predicted octanol–water partition coefficient (Wildman–Crippen LogP) is -0.672. The maximum absolute atomic E-state index is 13.8. The molecule has 16 heteroatoms. The van der Waals surface area contributed by atoms with Crippen molar-refractivity contribution in [3.63, 3.8) is 0 Å². The number of H-pyrrole nitrogens is 1. The number of thioether (sulfide) groups is 1. The van der Waals surface area contributed by atoms with Gasteiger partial charge in [0.15, 0.2) is 17.2 Å². The van der Waals surface area contributed by atoms with Crippen molar-refractivity contribution in [2.75, 3.05) is 32.1 Å². The van der Waals surface area contributed by atoms with E-state index in [1.165, 1.54) is 28.8 Å². The van der Waals surface area contributed by atoms with Gasteiger partial charge >= 0.3 is 11.9 Å². The van der Waals surface area contributed by atoms with Gasteiger partial charge in [0.25, 0.3) is 11.8 Å². The predicted molar refractivity (Wildman–Crippen MR) is 148 cm³/mol. The monoisotopic (exact) mass is 612 g/mol. The molecule has 5 rings (SSSR count). The lowest BCUT2D eigenvalue weighted by Crippen LogP contribution is -2.59. The van der Waals surface area contributed by atoms with Gasteiger partial charge in [-0.1, -0.05) is 30.3 Å². The molecule has 1 aromatic heterocycles. The van der Waals surface area contributed by atoms with Gasteiger partial charge in [0, 0.05) is 31.3 Å². The van der Waals surface area contributed by atoms with Crippen molar-refractivity contribution in [3.05, 3.63) is 64.4 Å². The number of nitrogens with zero attached hydrogens (tertiary/aromatic N) is 3. The Morgan fingerprint density at radius 2 is 1.84 bits per heavy atom. The van der Waals surface area contributed by atoms with Crippen molar-refractivity contribution in [1.29, 1.82) is 0 Å². The lowest BCUT2D eigenvalue weighted by atomic mass is 9.71. The molecule has 2 aromatic rings. The first-order valence-corrected chi connectivity index (χ1v) is 14.2. The normalized spacial score (nSPS) is 20.4. The lowest BCUT2D eigenvalue weighted by Gasteiger charge is -2.47. The van der Waals surface area contributed by atoms with Gasteiger partial charge in [0.2, 0.25) is 11.8 Å². The molecule has 0 bridgehead atoms. The summed E-state index contributed by atoms with van der Waals surface area (Å²) in [5.41, 5.74) is 8.12. The molecule has 6 N–H and O–H groups in total. The van der Waals surface area contributed by atoms with Gasteiger partial charge in [-0.05, 0) is 5.56 Å². The SMILES string of the molecule is CC(=O)OC(C1=C(C(=O)O)N2C(=O)C[C@H]2SC1)C(C(N)=O)(c1ccccc1)c1nc(C(N)=O)c(C(=O)N2CCOCC2)[nH]1. The minimum Gasteiger partial charge on any atom is -0.477 e. The van der Waals surface area contributed by atoms with Gasteiger partial charge in [-0.25, -0.2) is 9.78 Å². The third-order valence-electron chi connectivity index (χ3n) is 7.52. The molecule has 226 valence electrons. The molecule has 4 amide bonds. The number of nitrogens with two attached hydrogens (primary N) is 2. The van der Waals surface area contributed by atoms with E-state index in [0.29, 0.717) is 0 Å². The number of amides is 4. The number of carboxylic acids is 1. The number of aromatic nitrogens is 2. The van der Waals surface area contributed by atoms with Gasteiger partial charge in [-0.2, -0.15) is 0 Å². The van der Waals surface area contributed by atoms with Gasteiger partial charge in [-0.3, -0.25) is 28.9 Å². The number of ether oxygens (including phenoxy) is 2. The van der Waals surface area contributed by atoms with Crippen molar-refractivity contribution in [2.45, 2.75) is 30.2 Å². The minimum absolute atomic E-state index is 0.0567. The average molecular weight is 613 g/mol. The zero-order chi connectivity index (χ0) is 31.1. The van der Waals surface area contributed by atoms with Gasteiger partial charge in [-0.15, -0.1) is 11.8 Å². The summed E-state index contributed by atoms with van der Waals surface area (Å²) in [6.45, 7) is 1.98. The molecule has 3 aliphatic heterocycles. The number of imidazole rings is 1. The fraction of sp³-hybridized carbons (Fsp3) is 0.370. The van der Waals surface area contributed by atoms with Crippen LogP contribution in [0.15, 0.2) is 41.6 Å². The minimum atomic E-state index is -2.32. The number of benzene rings is 1. The molecular formula is C27H28N6O9S. The summed E-state index contributed by atoms with van der Waals surface area (Å²) in [7, 11) is 0. The van der Waals surface area contributed by atoms with Crippen LogP contribution in [0.25, 0.3) is 0 Å². The Labute approximate surface area is 248 Å². The van der Waals surface area contributed by atoms with E-state index in [-0.39, 0.29) is 61.1 Å². The van der Waals surface area contributed by atoms with Crippen molar-refractivity contribution in [1.82, 2.24) is 19.8 Å². The summed E-state index contributed by atoms with van der Waals surface area (Å²) < 4.78 is 11.0. The number of β-lactam (4-membered cyclic amide) rings is 1. The molecule has 0 spiro atoms. The average Bonchev–Trinajstić information content (AvgIpc) is 3.42.